The molecule has 0 spiro atoms. The normalized spacial score (nSPS) is 11.0. The lowest BCUT2D eigenvalue weighted by atomic mass is 10.0. The quantitative estimate of drug-likeness (QED) is 0.575. The number of hydrogen-bond donors (Lipinski definition) is 0. The molecule has 0 saturated heterocycles. The van der Waals surface area contributed by atoms with Crippen LogP contribution in [0, 0.1) is 6.92 Å². The van der Waals surface area contributed by atoms with Crippen molar-refractivity contribution < 1.29 is 4.74 Å². The van der Waals surface area contributed by atoms with Crippen LogP contribution in [0.4, 0.5) is 0 Å². The Hall–Kier alpha value is -3.48. The third-order valence-electron chi connectivity index (χ3n) is 4.00. The minimum absolute atomic E-state index is 0.248. The predicted molar refractivity (Wildman–Crippen MR) is 93.1 cm³/mol. The van der Waals surface area contributed by atoms with Gasteiger partial charge in [-0.15, -0.1) is 9.78 Å². The average molecular weight is 333 g/mol. The fourth-order valence-corrected chi connectivity index (χ4v) is 2.75. The van der Waals surface area contributed by atoms with Crippen LogP contribution in [-0.2, 0) is 0 Å². The molecule has 0 atom stereocenters. The molecule has 124 valence electrons. The first-order valence-electron chi connectivity index (χ1n) is 7.71. The summed E-state index contributed by atoms with van der Waals surface area (Å²) in [6.07, 6.45) is 4.93. The Bertz CT molecular complexity index is 1120. The number of fused-ring (bicyclic) bond motifs is 1. The Balaban J connectivity index is 1.86. The smallest absolute Gasteiger partial charge is 0.357 e. The van der Waals surface area contributed by atoms with Crippen LogP contribution in [0.25, 0.3) is 22.7 Å². The van der Waals surface area contributed by atoms with E-state index in [0.717, 1.165) is 22.4 Å². The number of benzene rings is 1. The van der Waals surface area contributed by atoms with Gasteiger partial charge in [-0.3, -0.25) is 0 Å². The van der Waals surface area contributed by atoms with E-state index in [9.17, 15) is 4.79 Å². The molecule has 0 aliphatic rings. The van der Waals surface area contributed by atoms with Gasteiger partial charge in [0.1, 0.15) is 5.75 Å². The molecule has 7 heteroatoms. The monoisotopic (exact) mass is 333 g/mol. The van der Waals surface area contributed by atoms with Crippen LogP contribution in [0.5, 0.6) is 5.75 Å². The molecule has 0 aliphatic carbocycles. The van der Waals surface area contributed by atoms with Crippen molar-refractivity contribution in [3.05, 3.63) is 71.0 Å². The second kappa shape index (κ2) is 5.86. The zero-order valence-corrected chi connectivity index (χ0v) is 13.7. The van der Waals surface area contributed by atoms with Crippen LogP contribution in [-0.4, -0.2) is 31.3 Å². The maximum Gasteiger partial charge on any atom is 0.357 e. The predicted octanol–water partition coefficient (Wildman–Crippen LogP) is 2.26. The van der Waals surface area contributed by atoms with Gasteiger partial charge in [-0.25, -0.2) is 19.2 Å². The largest absolute Gasteiger partial charge is 0.497 e. The molecule has 3 heterocycles. The molecule has 0 amide bonds. The summed E-state index contributed by atoms with van der Waals surface area (Å²) in [4.78, 5) is 20.8. The van der Waals surface area contributed by atoms with Gasteiger partial charge in [-0.2, -0.15) is 0 Å². The van der Waals surface area contributed by atoms with Crippen molar-refractivity contribution >= 4 is 5.65 Å². The van der Waals surface area contributed by atoms with E-state index in [1.165, 1.54) is 9.08 Å². The molecule has 3 aromatic heterocycles. The Morgan fingerprint density at radius 3 is 2.60 bits per heavy atom. The highest BCUT2D eigenvalue weighted by Crippen LogP contribution is 2.26. The fraction of sp³-hybridized carbons (Fsp3) is 0.111. The Morgan fingerprint density at radius 1 is 1.08 bits per heavy atom. The molecule has 0 bridgehead atoms. The molecular formula is C18H15N5O2. The zero-order chi connectivity index (χ0) is 17.4. The van der Waals surface area contributed by atoms with Crippen molar-refractivity contribution in [1.29, 1.82) is 0 Å². The van der Waals surface area contributed by atoms with Crippen molar-refractivity contribution in [1.82, 2.24) is 24.1 Å². The summed E-state index contributed by atoms with van der Waals surface area (Å²) in [5, 5.41) is 4.29. The molecule has 4 aromatic rings. The maximum absolute atomic E-state index is 12.7. The minimum atomic E-state index is -0.311. The molecule has 0 radical (unpaired) electrons. The molecule has 4 rings (SSSR count). The van der Waals surface area contributed by atoms with E-state index in [1.54, 1.807) is 37.8 Å². The first kappa shape index (κ1) is 15.1. The maximum atomic E-state index is 12.7. The van der Waals surface area contributed by atoms with Crippen molar-refractivity contribution in [2.24, 2.45) is 0 Å². The SMILES string of the molecule is COc1ccc(-c2ccc3nn(-c4ncccn4)c(=O)n3c2)c(C)c1. The van der Waals surface area contributed by atoms with Crippen molar-refractivity contribution in [2.45, 2.75) is 6.92 Å². The lowest BCUT2D eigenvalue weighted by Gasteiger charge is -2.08. The van der Waals surface area contributed by atoms with Crippen LogP contribution in [0.15, 0.2) is 59.8 Å². The van der Waals surface area contributed by atoms with E-state index in [-0.39, 0.29) is 11.6 Å². The number of aryl methyl sites for hydroxylation is 1. The second-order valence-corrected chi connectivity index (χ2v) is 5.57. The lowest BCUT2D eigenvalue weighted by molar-refractivity contribution is 0.414. The third-order valence-corrected chi connectivity index (χ3v) is 4.00. The molecule has 0 aliphatic heterocycles. The molecule has 1 aromatic carbocycles. The van der Waals surface area contributed by atoms with Gasteiger partial charge in [0, 0.05) is 18.6 Å². The van der Waals surface area contributed by atoms with Gasteiger partial charge >= 0.3 is 5.69 Å². The van der Waals surface area contributed by atoms with E-state index in [2.05, 4.69) is 15.1 Å². The number of rotatable bonds is 3. The number of nitrogens with zero attached hydrogens (tertiary/aromatic N) is 5. The Morgan fingerprint density at radius 2 is 1.88 bits per heavy atom. The second-order valence-electron chi connectivity index (χ2n) is 5.57. The summed E-state index contributed by atoms with van der Waals surface area (Å²) in [6.45, 7) is 2.01. The highest BCUT2D eigenvalue weighted by molar-refractivity contribution is 5.68. The Kier molecular flexibility index (Phi) is 3.53. The standard InChI is InChI=1S/C18H15N5O2/c1-12-10-14(25-2)5-6-15(12)13-4-7-16-21-23(18(24)22(16)11-13)17-19-8-3-9-20-17/h3-11H,1-2H3. The van der Waals surface area contributed by atoms with Crippen molar-refractivity contribution in [2.75, 3.05) is 7.11 Å². The molecule has 0 fully saturated rings. The third kappa shape index (κ3) is 2.55. The van der Waals surface area contributed by atoms with Gasteiger partial charge in [0.25, 0.3) is 5.95 Å². The molecule has 0 unspecified atom stereocenters. The molecule has 0 saturated carbocycles. The molecule has 7 nitrogen and oxygen atoms in total. The van der Waals surface area contributed by atoms with Crippen LogP contribution in [0.3, 0.4) is 0 Å². The van der Waals surface area contributed by atoms with E-state index in [0.29, 0.717) is 5.65 Å². The van der Waals surface area contributed by atoms with Crippen LogP contribution < -0.4 is 10.4 Å². The summed E-state index contributed by atoms with van der Waals surface area (Å²) in [7, 11) is 1.64. The zero-order valence-electron chi connectivity index (χ0n) is 13.7. The molecular weight excluding hydrogens is 318 g/mol. The number of aromatic nitrogens is 5. The van der Waals surface area contributed by atoms with E-state index >= 15 is 0 Å². The lowest BCUT2D eigenvalue weighted by Crippen LogP contribution is -2.21. The topological polar surface area (TPSA) is 74.3 Å². The number of methoxy groups -OCH3 is 1. The summed E-state index contributed by atoms with van der Waals surface area (Å²) in [5.41, 5.74) is 3.23. The fourth-order valence-electron chi connectivity index (χ4n) is 2.75. The van der Waals surface area contributed by atoms with Crippen LogP contribution in [0.2, 0.25) is 0 Å². The van der Waals surface area contributed by atoms with Gasteiger partial charge in [-0.05, 0) is 53.9 Å². The highest BCUT2D eigenvalue weighted by atomic mass is 16.5. The van der Waals surface area contributed by atoms with Crippen LogP contribution in [0.1, 0.15) is 5.56 Å². The summed E-state index contributed by atoms with van der Waals surface area (Å²) in [5.74, 6) is 1.05. The van der Waals surface area contributed by atoms with E-state index < -0.39 is 0 Å². The van der Waals surface area contributed by atoms with Gasteiger partial charge < -0.3 is 4.74 Å². The number of ether oxygens (including phenoxy) is 1. The van der Waals surface area contributed by atoms with Gasteiger partial charge in [0.05, 0.1) is 7.11 Å². The van der Waals surface area contributed by atoms with Gasteiger partial charge in [-0.1, -0.05) is 6.07 Å². The first-order chi connectivity index (χ1) is 12.2. The summed E-state index contributed by atoms with van der Waals surface area (Å²) < 4.78 is 7.93. The molecule has 0 N–H and O–H groups in total. The van der Waals surface area contributed by atoms with Gasteiger partial charge in [0.2, 0.25) is 0 Å². The van der Waals surface area contributed by atoms with Gasteiger partial charge in [0.15, 0.2) is 5.65 Å². The van der Waals surface area contributed by atoms with E-state index in [1.807, 2.05) is 31.2 Å². The van der Waals surface area contributed by atoms with Crippen molar-refractivity contribution in [3.8, 4) is 22.8 Å². The molecule has 25 heavy (non-hydrogen) atoms. The number of hydrogen-bond acceptors (Lipinski definition) is 5. The van der Waals surface area contributed by atoms with Crippen molar-refractivity contribution in [3.63, 3.8) is 0 Å². The summed E-state index contributed by atoms with van der Waals surface area (Å²) in [6, 6.07) is 11.3. The number of pyridine rings is 1. The average Bonchev–Trinajstić information content (AvgIpc) is 2.98. The van der Waals surface area contributed by atoms with Crippen LogP contribution >= 0.6 is 0 Å². The van der Waals surface area contributed by atoms with E-state index in [4.69, 9.17) is 4.74 Å². The Labute approximate surface area is 143 Å². The highest BCUT2D eigenvalue weighted by Gasteiger charge is 2.12. The summed E-state index contributed by atoms with van der Waals surface area (Å²) >= 11 is 0. The minimum Gasteiger partial charge on any atom is -0.497 e. The first-order valence-corrected chi connectivity index (χ1v) is 7.71.